The minimum Gasteiger partial charge on any atom is -0.457 e. The molecule has 0 bridgehead atoms. The molecule has 3 heterocycles. The Morgan fingerprint density at radius 1 is 0.522 bits per heavy atom. The van der Waals surface area contributed by atoms with Gasteiger partial charge in [0.25, 0.3) is 0 Å². The van der Waals surface area contributed by atoms with Crippen LogP contribution in [0.3, 0.4) is 0 Å². The van der Waals surface area contributed by atoms with Gasteiger partial charge in [-0.1, -0.05) is 112 Å². The molecule has 67 heavy (non-hydrogen) atoms. The molecule has 1 aliphatic heterocycles. The molecule has 0 aliphatic carbocycles. The fraction of sp³-hybridized carbons (Fsp3) is 0.117. The summed E-state index contributed by atoms with van der Waals surface area (Å²) in [6, 6.07) is 59.8. The second-order valence-electron chi connectivity index (χ2n) is 18.5. The van der Waals surface area contributed by atoms with E-state index in [0.717, 1.165) is 83.8 Å². The van der Waals surface area contributed by atoms with E-state index < -0.39 is 0 Å². The Hall–Kier alpha value is -8.03. The normalized spacial score (nSPS) is 12.6. The lowest BCUT2D eigenvalue weighted by Gasteiger charge is -2.27. The molecule has 8 aromatic carbocycles. The van der Waals surface area contributed by atoms with E-state index in [1.165, 1.54) is 41.0 Å². The molecule has 7 heteroatoms. The number of hydrogen-bond donors (Lipinski definition) is 0. The lowest BCUT2D eigenvalue weighted by Crippen LogP contribution is -2.25. The molecule has 10 aromatic rings. The first-order valence-corrected chi connectivity index (χ1v) is 22.7. The van der Waals surface area contributed by atoms with Crippen LogP contribution in [0.5, 0.6) is 11.5 Å². The third-order valence-corrected chi connectivity index (χ3v) is 13.1. The predicted molar refractivity (Wildman–Crippen MR) is 272 cm³/mol. The van der Waals surface area contributed by atoms with Crippen LogP contribution >= 0.6 is 0 Å². The van der Waals surface area contributed by atoms with Crippen LogP contribution in [0.4, 0.5) is 31.5 Å². The van der Waals surface area contributed by atoms with Crippen LogP contribution < -0.4 is 14.5 Å². The average Bonchev–Trinajstić information content (AvgIpc) is 3.87. The number of anilines is 4. The predicted octanol–water partition coefficient (Wildman–Crippen LogP) is 16.4. The number of rotatable bonds is 8. The highest BCUT2D eigenvalue weighted by atomic mass is 19.1. The van der Waals surface area contributed by atoms with Gasteiger partial charge in [0.1, 0.15) is 35.6 Å². The van der Waals surface area contributed by atoms with Gasteiger partial charge in [0, 0.05) is 45.9 Å². The smallest absolute Gasteiger partial charge is 0.137 e. The fourth-order valence-electron chi connectivity index (χ4n) is 9.80. The molecule has 0 unspecified atom stereocenters. The first-order chi connectivity index (χ1) is 32.5. The molecular weight excluding hydrogens is 831 g/mol. The summed E-state index contributed by atoms with van der Waals surface area (Å²) < 4.78 is 38.0. The van der Waals surface area contributed by atoms with Crippen LogP contribution in [0.15, 0.2) is 188 Å². The third kappa shape index (κ3) is 7.56. The van der Waals surface area contributed by atoms with Gasteiger partial charge in [0.15, 0.2) is 0 Å². The second-order valence-corrected chi connectivity index (χ2v) is 18.5. The SMILES string of the molecule is Cc1cccc(C)c1-c1cc(Oc2ccc3c4ccccc4n(-c4cc(C(C)(C)C)ccn4)c3c2)cc(N2CN(c3c(-c4ccc(F)cc4)cccc3-c3ccc(F)cc3)c3ccccc32)c1. The number of nitrogens with zero attached hydrogens (tertiary/aromatic N) is 4. The van der Waals surface area contributed by atoms with Gasteiger partial charge in [-0.15, -0.1) is 0 Å². The topological polar surface area (TPSA) is 33.5 Å². The zero-order valence-corrected chi connectivity index (χ0v) is 38.1. The molecule has 0 spiro atoms. The van der Waals surface area contributed by atoms with Crippen molar-refractivity contribution in [2.45, 2.75) is 40.0 Å². The maximum absolute atomic E-state index is 14.4. The van der Waals surface area contributed by atoms with Gasteiger partial charge in [-0.2, -0.15) is 0 Å². The van der Waals surface area contributed by atoms with Crippen molar-refractivity contribution in [3.8, 4) is 50.7 Å². The summed E-state index contributed by atoms with van der Waals surface area (Å²) in [7, 11) is 0. The van der Waals surface area contributed by atoms with Gasteiger partial charge in [-0.25, -0.2) is 13.8 Å². The minimum atomic E-state index is -0.301. The first-order valence-electron chi connectivity index (χ1n) is 22.7. The zero-order chi connectivity index (χ0) is 46.0. The summed E-state index contributed by atoms with van der Waals surface area (Å²) in [6.07, 6.45) is 1.90. The monoisotopic (exact) mass is 878 g/mol. The van der Waals surface area contributed by atoms with Gasteiger partial charge in [0.05, 0.1) is 28.1 Å². The van der Waals surface area contributed by atoms with Gasteiger partial charge >= 0.3 is 0 Å². The quantitative estimate of drug-likeness (QED) is 0.152. The van der Waals surface area contributed by atoms with E-state index in [1.54, 1.807) is 0 Å². The lowest BCUT2D eigenvalue weighted by atomic mass is 9.88. The molecule has 328 valence electrons. The Kier molecular flexibility index (Phi) is 10.2. The van der Waals surface area contributed by atoms with Gasteiger partial charge < -0.3 is 14.5 Å². The molecular formula is C60H48F2N4O. The third-order valence-electron chi connectivity index (χ3n) is 13.1. The van der Waals surface area contributed by atoms with Gasteiger partial charge in [-0.3, -0.25) is 4.57 Å². The van der Waals surface area contributed by atoms with Crippen LogP contribution in [-0.2, 0) is 5.41 Å². The lowest BCUT2D eigenvalue weighted by molar-refractivity contribution is 0.483. The maximum atomic E-state index is 14.4. The molecule has 0 N–H and O–H groups in total. The second kappa shape index (κ2) is 16.4. The van der Waals surface area contributed by atoms with Gasteiger partial charge in [-0.05, 0) is 137 Å². The number of halogens is 2. The molecule has 0 saturated heterocycles. The first kappa shape index (κ1) is 41.7. The van der Waals surface area contributed by atoms with Crippen molar-refractivity contribution in [2.24, 2.45) is 0 Å². The number of hydrogen-bond acceptors (Lipinski definition) is 4. The van der Waals surface area contributed by atoms with Crippen molar-refractivity contribution in [3.05, 3.63) is 217 Å². The number of aromatic nitrogens is 2. The maximum Gasteiger partial charge on any atom is 0.137 e. The van der Waals surface area contributed by atoms with E-state index in [9.17, 15) is 8.78 Å². The Morgan fingerprint density at radius 3 is 1.81 bits per heavy atom. The molecule has 1 aliphatic rings. The van der Waals surface area contributed by atoms with Crippen LogP contribution in [0.1, 0.15) is 37.5 Å². The highest BCUT2D eigenvalue weighted by Crippen LogP contribution is 2.51. The summed E-state index contributed by atoms with van der Waals surface area (Å²) in [5.41, 5.74) is 15.3. The standard InChI is InChI=1S/C60H48F2N4O/c1-38-12-10-13-39(2)58(38)42-32-46(35-48(33-42)67-47-28-29-52-51-14-6-7-17-53(51)66(56(52)36-47)57-34-43(30-31-63-57)60(3,4)5)64-37-65(55-19-9-8-18-54(55)64)59-49(40-20-24-44(61)25-21-40)15-11-16-50(59)41-22-26-45(62)27-23-41/h6-36H,37H2,1-5H3. The number of fused-ring (bicyclic) bond motifs is 4. The summed E-state index contributed by atoms with van der Waals surface area (Å²) in [5, 5.41) is 2.26. The Morgan fingerprint density at radius 2 is 1.13 bits per heavy atom. The van der Waals surface area contributed by atoms with Gasteiger partial charge in [0.2, 0.25) is 0 Å². The highest BCUT2D eigenvalue weighted by Gasteiger charge is 2.32. The van der Waals surface area contributed by atoms with Crippen molar-refractivity contribution in [1.82, 2.24) is 9.55 Å². The number of aryl methyl sites for hydroxylation is 2. The number of para-hydroxylation sites is 4. The number of pyridine rings is 1. The van der Waals surface area contributed by atoms with E-state index in [4.69, 9.17) is 9.72 Å². The van der Waals surface area contributed by atoms with Crippen LogP contribution in [0.2, 0.25) is 0 Å². The van der Waals surface area contributed by atoms with Crippen LogP contribution in [-0.4, -0.2) is 16.2 Å². The Bertz CT molecular complexity index is 3430. The van der Waals surface area contributed by atoms with E-state index in [-0.39, 0.29) is 17.0 Å². The van der Waals surface area contributed by atoms with E-state index >= 15 is 0 Å². The van der Waals surface area contributed by atoms with E-state index in [2.05, 4.69) is 176 Å². The molecule has 0 radical (unpaired) electrons. The van der Waals surface area contributed by atoms with Crippen molar-refractivity contribution >= 4 is 44.6 Å². The number of ether oxygens (including phenoxy) is 1. The molecule has 0 fully saturated rings. The van der Waals surface area contributed by atoms with Crippen LogP contribution in [0.25, 0.3) is 61.0 Å². The molecule has 0 atom stereocenters. The fourth-order valence-corrected chi connectivity index (χ4v) is 9.80. The molecule has 2 aromatic heterocycles. The number of benzene rings is 8. The Balaban J connectivity index is 1.06. The highest BCUT2D eigenvalue weighted by molar-refractivity contribution is 6.09. The molecule has 11 rings (SSSR count). The van der Waals surface area contributed by atoms with E-state index in [0.29, 0.717) is 18.2 Å². The van der Waals surface area contributed by atoms with Crippen molar-refractivity contribution in [1.29, 1.82) is 0 Å². The van der Waals surface area contributed by atoms with E-state index in [1.807, 2.05) is 36.5 Å². The largest absolute Gasteiger partial charge is 0.457 e. The summed E-state index contributed by atoms with van der Waals surface area (Å²) >= 11 is 0. The molecule has 0 saturated carbocycles. The summed E-state index contributed by atoms with van der Waals surface area (Å²) in [5.74, 6) is 1.65. The Labute approximate surface area is 389 Å². The van der Waals surface area contributed by atoms with Crippen molar-refractivity contribution in [2.75, 3.05) is 16.5 Å². The van der Waals surface area contributed by atoms with Crippen molar-refractivity contribution in [3.63, 3.8) is 0 Å². The molecule has 5 nitrogen and oxygen atoms in total. The average molecular weight is 879 g/mol. The minimum absolute atomic E-state index is 0.0489. The van der Waals surface area contributed by atoms with Crippen molar-refractivity contribution < 1.29 is 13.5 Å². The molecule has 0 amide bonds. The zero-order valence-electron chi connectivity index (χ0n) is 38.1. The van der Waals surface area contributed by atoms with Crippen LogP contribution in [0, 0.1) is 25.5 Å². The summed E-state index contributed by atoms with van der Waals surface area (Å²) in [6.45, 7) is 11.4. The summed E-state index contributed by atoms with van der Waals surface area (Å²) in [4.78, 5) is 9.55.